The first kappa shape index (κ1) is 31.1. The summed E-state index contributed by atoms with van der Waals surface area (Å²) in [7, 11) is 0. The molecule has 1 aromatic rings. The lowest BCUT2D eigenvalue weighted by Crippen LogP contribution is -2.56. The van der Waals surface area contributed by atoms with Crippen molar-refractivity contribution in [1.29, 1.82) is 0 Å². The highest BCUT2D eigenvalue weighted by atomic mass is 32.1. The molecular weight excluding hydrogens is 552 g/mol. The summed E-state index contributed by atoms with van der Waals surface area (Å²) in [6.07, 6.45) is 17.8. The van der Waals surface area contributed by atoms with E-state index in [1.807, 2.05) is 11.3 Å². The Balaban J connectivity index is 0.955. The molecule has 1 aromatic heterocycles. The van der Waals surface area contributed by atoms with Gasteiger partial charge >= 0.3 is 0 Å². The molecule has 8 atom stereocenters. The molecule has 6 heteroatoms. The van der Waals surface area contributed by atoms with E-state index in [1.54, 1.807) is 0 Å². The van der Waals surface area contributed by atoms with E-state index in [4.69, 9.17) is 14.2 Å². The van der Waals surface area contributed by atoms with Crippen LogP contribution in [0.2, 0.25) is 0 Å². The number of ether oxygens (including phenoxy) is 3. The molecule has 6 fully saturated rings. The molecule has 6 aliphatic rings. The number of rotatable bonds is 12. The molecular formula is C37H60N2O3S. The molecule has 43 heavy (non-hydrogen) atoms. The van der Waals surface area contributed by atoms with E-state index < -0.39 is 0 Å². The Labute approximate surface area is 266 Å². The molecule has 0 radical (unpaired) electrons. The molecule has 4 aliphatic carbocycles. The minimum Gasteiger partial charge on any atom is -0.378 e. The fourth-order valence-electron chi connectivity index (χ4n) is 11.6. The average molecular weight is 613 g/mol. The van der Waals surface area contributed by atoms with Gasteiger partial charge in [0.15, 0.2) is 0 Å². The molecule has 0 aromatic carbocycles. The topological polar surface area (TPSA) is 34.2 Å². The standard InChI is InChI=1S/C37H60N2O3S/c1-35-13-9-31(41-25-24-40-22-20-38-16-3-4-17-38)27-29(35)7-8-32-33(35)10-14-36(2)34(32)11-15-37(36,30-12-26-43-28-30)42-23-21-39-18-5-6-19-39/h12,26,28-29,31-34H,3-11,13-25,27H2,1-2H3/t29?,31?,32-,33-,34+,35+,36+,37?/m1/s1. The Morgan fingerprint density at radius 3 is 2.28 bits per heavy atom. The second kappa shape index (κ2) is 13.3. The summed E-state index contributed by atoms with van der Waals surface area (Å²) in [4.78, 5) is 5.15. The van der Waals surface area contributed by atoms with Gasteiger partial charge in [-0.1, -0.05) is 13.8 Å². The Kier molecular flexibility index (Phi) is 9.64. The fourth-order valence-corrected chi connectivity index (χ4v) is 12.3. The van der Waals surface area contributed by atoms with Gasteiger partial charge in [-0.2, -0.15) is 11.3 Å². The van der Waals surface area contributed by atoms with E-state index in [-0.39, 0.29) is 11.0 Å². The first-order valence-corrected chi connectivity index (χ1v) is 19.3. The molecule has 2 aliphatic heterocycles. The van der Waals surface area contributed by atoms with Crippen LogP contribution in [0.1, 0.15) is 103 Å². The van der Waals surface area contributed by atoms with Crippen LogP contribution in [0.5, 0.6) is 0 Å². The molecule has 2 saturated heterocycles. The van der Waals surface area contributed by atoms with Gasteiger partial charge in [-0.05, 0) is 161 Å². The van der Waals surface area contributed by atoms with Gasteiger partial charge in [-0.25, -0.2) is 0 Å². The van der Waals surface area contributed by atoms with Crippen LogP contribution in [-0.4, -0.2) is 81.6 Å². The van der Waals surface area contributed by atoms with Crippen molar-refractivity contribution in [1.82, 2.24) is 9.80 Å². The van der Waals surface area contributed by atoms with Crippen molar-refractivity contribution >= 4 is 11.3 Å². The van der Waals surface area contributed by atoms with Crippen LogP contribution in [0.4, 0.5) is 0 Å². The maximum atomic E-state index is 7.22. The van der Waals surface area contributed by atoms with Crippen LogP contribution >= 0.6 is 11.3 Å². The highest BCUT2D eigenvalue weighted by Gasteiger charge is 2.66. The van der Waals surface area contributed by atoms with Gasteiger partial charge in [0.2, 0.25) is 0 Å². The van der Waals surface area contributed by atoms with Crippen molar-refractivity contribution in [2.24, 2.45) is 34.5 Å². The third-order valence-electron chi connectivity index (χ3n) is 14.0. The van der Waals surface area contributed by atoms with Crippen molar-refractivity contribution in [3.63, 3.8) is 0 Å². The van der Waals surface area contributed by atoms with Gasteiger partial charge in [-0.15, -0.1) is 0 Å². The van der Waals surface area contributed by atoms with Crippen LogP contribution in [0.15, 0.2) is 16.8 Å². The zero-order valence-corrected chi connectivity index (χ0v) is 28.2. The van der Waals surface area contributed by atoms with Crippen molar-refractivity contribution in [2.45, 2.75) is 109 Å². The molecule has 5 nitrogen and oxygen atoms in total. The summed E-state index contributed by atoms with van der Waals surface area (Å²) in [5.74, 6) is 3.36. The number of fused-ring (bicyclic) bond motifs is 5. The number of likely N-dealkylation sites (tertiary alicyclic amines) is 2. The van der Waals surface area contributed by atoms with E-state index in [0.717, 1.165) is 63.2 Å². The fraction of sp³-hybridized carbons (Fsp3) is 0.892. The SMILES string of the molecule is C[C@]12CCC(OCCOCCN3CCCC3)CC1CC[C@@H]1[C@H]2CC[C@@]2(C)[C@H]1CCC2(OCCN1CCCC1)c1ccsc1. The van der Waals surface area contributed by atoms with Crippen LogP contribution in [0.25, 0.3) is 0 Å². The lowest BCUT2D eigenvalue weighted by Gasteiger charge is -2.62. The number of thiophene rings is 1. The van der Waals surface area contributed by atoms with Crippen molar-refractivity contribution < 1.29 is 14.2 Å². The van der Waals surface area contributed by atoms with Gasteiger partial charge in [0.1, 0.15) is 0 Å². The monoisotopic (exact) mass is 612 g/mol. The number of hydrogen-bond acceptors (Lipinski definition) is 6. The summed E-state index contributed by atoms with van der Waals surface area (Å²) in [5.41, 5.74) is 2.13. The van der Waals surface area contributed by atoms with Crippen molar-refractivity contribution in [3.8, 4) is 0 Å². The third kappa shape index (κ3) is 5.93. The van der Waals surface area contributed by atoms with Gasteiger partial charge in [0.25, 0.3) is 0 Å². The van der Waals surface area contributed by atoms with E-state index in [9.17, 15) is 0 Å². The van der Waals surface area contributed by atoms with Gasteiger partial charge < -0.3 is 24.0 Å². The molecule has 0 N–H and O–H groups in total. The van der Waals surface area contributed by atoms with Gasteiger partial charge in [0.05, 0.1) is 38.1 Å². The van der Waals surface area contributed by atoms with Crippen LogP contribution in [-0.2, 0) is 19.8 Å². The van der Waals surface area contributed by atoms with Crippen LogP contribution < -0.4 is 0 Å². The molecule has 242 valence electrons. The third-order valence-corrected chi connectivity index (χ3v) is 14.7. The summed E-state index contributed by atoms with van der Waals surface area (Å²) >= 11 is 1.86. The van der Waals surface area contributed by atoms with E-state index >= 15 is 0 Å². The highest BCUT2D eigenvalue weighted by Crippen LogP contribution is 2.71. The van der Waals surface area contributed by atoms with Crippen LogP contribution in [0.3, 0.4) is 0 Å². The van der Waals surface area contributed by atoms with Crippen molar-refractivity contribution in [3.05, 3.63) is 22.4 Å². The van der Waals surface area contributed by atoms with E-state index in [0.29, 0.717) is 11.5 Å². The second-order valence-electron chi connectivity index (χ2n) is 15.8. The molecule has 4 saturated carbocycles. The Morgan fingerprint density at radius 1 is 0.791 bits per heavy atom. The first-order chi connectivity index (χ1) is 21.0. The van der Waals surface area contributed by atoms with Crippen LogP contribution in [0, 0.1) is 34.5 Å². The largest absolute Gasteiger partial charge is 0.378 e. The quantitative estimate of drug-likeness (QED) is 0.227. The second-order valence-corrected chi connectivity index (χ2v) is 16.6. The predicted molar refractivity (Wildman–Crippen MR) is 176 cm³/mol. The zero-order valence-electron chi connectivity index (χ0n) is 27.4. The Hall–Kier alpha value is -0.500. The molecule has 3 unspecified atom stereocenters. The summed E-state index contributed by atoms with van der Waals surface area (Å²) < 4.78 is 19.6. The minimum atomic E-state index is -0.0951. The number of hydrogen-bond donors (Lipinski definition) is 0. The Bertz CT molecular complexity index is 1030. The minimum absolute atomic E-state index is 0.0951. The van der Waals surface area contributed by atoms with E-state index in [2.05, 4.69) is 40.5 Å². The van der Waals surface area contributed by atoms with Gasteiger partial charge in [-0.3, -0.25) is 0 Å². The molecule has 0 spiro atoms. The summed E-state index contributed by atoms with van der Waals surface area (Å²) in [6.45, 7) is 15.8. The maximum Gasteiger partial charge on any atom is 0.0996 e. The molecule has 0 bridgehead atoms. The predicted octanol–water partition coefficient (Wildman–Crippen LogP) is 7.60. The molecule has 7 rings (SSSR count). The highest BCUT2D eigenvalue weighted by molar-refractivity contribution is 7.08. The summed E-state index contributed by atoms with van der Waals surface area (Å²) in [5, 5.41) is 4.71. The lowest BCUT2D eigenvalue weighted by atomic mass is 9.44. The van der Waals surface area contributed by atoms with E-state index in [1.165, 1.54) is 115 Å². The smallest absolute Gasteiger partial charge is 0.0996 e. The normalized spacial score (nSPS) is 41.8. The maximum absolute atomic E-state index is 7.22. The first-order valence-electron chi connectivity index (χ1n) is 18.3. The molecule has 3 heterocycles. The van der Waals surface area contributed by atoms with Gasteiger partial charge in [0, 0.05) is 18.5 Å². The lowest BCUT2D eigenvalue weighted by molar-refractivity contribution is -0.185. The van der Waals surface area contributed by atoms with Crippen molar-refractivity contribution in [2.75, 3.05) is 65.7 Å². The zero-order chi connectivity index (χ0) is 29.3. The summed E-state index contributed by atoms with van der Waals surface area (Å²) in [6, 6.07) is 2.40. The Morgan fingerprint density at radius 2 is 1.53 bits per heavy atom. The number of nitrogens with zero attached hydrogens (tertiary/aromatic N) is 2. The molecule has 0 amide bonds. The average Bonchev–Trinajstić information content (AvgIpc) is 3.83.